The van der Waals surface area contributed by atoms with Gasteiger partial charge >= 0.3 is 0 Å². The second-order valence-electron chi connectivity index (χ2n) is 7.29. The molecule has 1 aliphatic heterocycles. The molecular weight excluding hydrogens is 326 g/mol. The lowest BCUT2D eigenvalue weighted by Crippen LogP contribution is -2.41. The summed E-state index contributed by atoms with van der Waals surface area (Å²) in [6.45, 7) is 7.97. The lowest BCUT2D eigenvalue weighted by Gasteiger charge is -2.32. The van der Waals surface area contributed by atoms with Gasteiger partial charge in [-0.15, -0.1) is 0 Å². The molecular formula is C20H25N5O. The smallest absolute Gasteiger partial charge is 0.244 e. The number of amides is 1. The van der Waals surface area contributed by atoms with Gasteiger partial charge in [0, 0.05) is 36.6 Å². The van der Waals surface area contributed by atoms with Gasteiger partial charge in [-0.1, -0.05) is 0 Å². The first kappa shape index (κ1) is 16.8. The minimum Gasteiger partial charge on any atom is -0.357 e. The van der Waals surface area contributed by atoms with Crippen LogP contribution in [0.5, 0.6) is 0 Å². The summed E-state index contributed by atoms with van der Waals surface area (Å²) < 4.78 is 1.84. The molecule has 6 heteroatoms. The normalized spacial score (nSPS) is 17.8. The van der Waals surface area contributed by atoms with E-state index in [9.17, 15) is 4.79 Å². The number of hydrogen-bond acceptors (Lipinski definition) is 3. The van der Waals surface area contributed by atoms with E-state index < -0.39 is 0 Å². The zero-order valence-electron chi connectivity index (χ0n) is 15.6. The number of nitrogens with one attached hydrogen (secondary N) is 1. The minimum atomic E-state index is 0.148. The van der Waals surface area contributed by atoms with Crippen molar-refractivity contribution in [3.63, 3.8) is 0 Å². The first-order chi connectivity index (χ1) is 12.5. The average molecular weight is 351 g/mol. The van der Waals surface area contributed by atoms with E-state index in [-0.39, 0.29) is 5.91 Å². The molecule has 0 bridgehead atoms. The van der Waals surface area contributed by atoms with Crippen molar-refractivity contribution in [3.8, 4) is 0 Å². The highest BCUT2D eigenvalue weighted by Gasteiger charge is 2.26. The van der Waals surface area contributed by atoms with Crippen LogP contribution in [0.2, 0.25) is 0 Å². The Kier molecular flexibility index (Phi) is 4.26. The van der Waals surface area contributed by atoms with Crippen molar-refractivity contribution in [2.75, 3.05) is 13.1 Å². The molecule has 3 aromatic rings. The van der Waals surface area contributed by atoms with Crippen LogP contribution in [0.25, 0.3) is 11.0 Å². The number of rotatable bonds is 3. The maximum absolute atomic E-state index is 12.8. The van der Waals surface area contributed by atoms with E-state index in [0.29, 0.717) is 12.5 Å². The third kappa shape index (κ3) is 3.00. The minimum absolute atomic E-state index is 0.148. The molecule has 26 heavy (non-hydrogen) atoms. The van der Waals surface area contributed by atoms with Gasteiger partial charge in [-0.3, -0.25) is 14.5 Å². The zero-order valence-corrected chi connectivity index (χ0v) is 15.6. The highest BCUT2D eigenvalue weighted by Crippen LogP contribution is 2.28. The largest absolute Gasteiger partial charge is 0.357 e. The lowest BCUT2D eigenvalue weighted by atomic mass is 9.95. The van der Waals surface area contributed by atoms with Gasteiger partial charge in [0.05, 0.1) is 16.7 Å². The first-order valence-corrected chi connectivity index (χ1v) is 9.25. The first-order valence-electron chi connectivity index (χ1n) is 9.25. The molecule has 1 aliphatic rings. The molecule has 1 N–H and O–H groups in total. The molecule has 3 aromatic heterocycles. The Bertz CT molecular complexity index is 921. The van der Waals surface area contributed by atoms with Crippen LogP contribution in [-0.4, -0.2) is 43.6 Å². The Labute approximate surface area is 153 Å². The molecule has 136 valence electrons. The Morgan fingerprint density at radius 3 is 2.92 bits per heavy atom. The van der Waals surface area contributed by atoms with Crippen LogP contribution in [-0.2, 0) is 11.3 Å². The van der Waals surface area contributed by atoms with Crippen molar-refractivity contribution in [2.24, 2.45) is 0 Å². The van der Waals surface area contributed by atoms with Gasteiger partial charge in [0.2, 0.25) is 5.91 Å². The lowest BCUT2D eigenvalue weighted by molar-refractivity contribution is -0.133. The number of hydrogen-bond donors (Lipinski definition) is 1. The maximum atomic E-state index is 12.8. The predicted molar refractivity (Wildman–Crippen MR) is 101 cm³/mol. The van der Waals surface area contributed by atoms with Gasteiger partial charge in [-0.05, 0) is 57.4 Å². The summed E-state index contributed by atoms with van der Waals surface area (Å²) in [6.07, 6.45) is 3.93. The quantitative estimate of drug-likeness (QED) is 0.788. The van der Waals surface area contributed by atoms with Crippen LogP contribution >= 0.6 is 0 Å². The topological polar surface area (TPSA) is 66.8 Å². The number of H-pyrrole nitrogens is 1. The van der Waals surface area contributed by atoms with E-state index in [0.717, 1.165) is 48.4 Å². The number of carbonyl (C=O) groups excluding carboxylic acids is 1. The summed E-state index contributed by atoms with van der Waals surface area (Å²) in [4.78, 5) is 22.7. The summed E-state index contributed by atoms with van der Waals surface area (Å²) in [5.74, 6) is 0.485. The van der Waals surface area contributed by atoms with Gasteiger partial charge in [0.1, 0.15) is 6.54 Å². The maximum Gasteiger partial charge on any atom is 0.244 e. The molecule has 4 rings (SSSR count). The molecule has 1 amide bonds. The molecule has 0 saturated carbocycles. The Hall–Kier alpha value is -2.63. The van der Waals surface area contributed by atoms with Crippen molar-refractivity contribution in [1.82, 2.24) is 24.6 Å². The number of aromatic nitrogens is 4. The molecule has 0 aromatic carbocycles. The fourth-order valence-electron chi connectivity index (χ4n) is 3.82. The summed E-state index contributed by atoms with van der Waals surface area (Å²) >= 11 is 0. The van der Waals surface area contributed by atoms with Crippen molar-refractivity contribution in [3.05, 3.63) is 47.0 Å². The standard InChI is InChI=1S/C20H25N5O/c1-13-14(2)23-25(15(13)3)12-20(26)24-9-5-6-16(11-24)18-10-19-17(22-18)7-4-8-21-19/h4,7-8,10,16,22H,5-6,9,11-12H2,1-3H3/t16-/m1/s1. The number of aryl methyl sites for hydroxylation is 1. The van der Waals surface area contributed by atoms with Crippen LogP contribution in [0.15, 0.2) is 24.4 Å². The fraction of sp³-hybridized carbons (Fsp3) is 0.450. The molecule has 1 atom stereocenters. The average Bonchev–Trinajstić information content (AvgIpc) is 3.19. The molecule has 1 fully saturated rings. The SMILES string of the molecule is Cc1nn(CC(=O)N2CCC[C@@H](c3cc4ncccc4[nH]3)C2)c(C)c1C. The number of fused-ring (bicyclic) bond motifs is 1. The van der Waals surface area contributed by atoms with E-state index in [4.69, 9.17) is 0 Å². The second kappa shape index (κ2) is 6.59. The number of aromatic amines is 1. The Morgan fingerprint density at radius 1 is 1.35 bits per heavy atom. The highest BCUT2D eigenvalue weighted by atomic mass is 16.2. The summed E-state index contributed by atoms with van der Waals surface area (Å²) in [7, 11) is 0. The van der Waals surface area contributed by atoms with Crippen LogP contribution in [0, 0.1) is 20.8 Å². The van der Waals surface area contributed by atoms with E-state index in [1.54, 1.807) is 0 Å². The van der Waals surface area contributed by atoms with E-state index in [1.807, 2.05) is 41.8 Å². The predicted octanol–water partition coefficient (Wildman–Crippen LogP) is 3.09. The number of piperidine rings is 1. The van der Waals surface area contributed by atoms with Gasteiger partial charge < -0.3 is 9.88 Å². The van der Waals surface area contributed by atoms with Crippen molar-refractivity contribution >= 4 is 16.9 Å². The molecule has 1 saturated heterocycles. The third-order valence-electron chi connectivity index (χ3n) is 5.65. The van der Waals surface area contributed by atoms with Crippen molar-refractivity contribution in [1.29, 1.82) is 0 Å². The number of likely N-dealkylation sites (tertiary alicyclic amines) is 1. The highest BCUT2D eigenvalue weighted by molar-refractivity contribution is 5.77. The van der Waals surface area contributed by atoms with Gasteiger partial charge in [0.25, 0.3) is 0 Å². The van der Waals surface area contributed by atoms with Crippen LogP contribution < -0.4 is 0 Å². The van der Waals surface area contributed by atoms with Crippen molar-refractivity contribution < 1.29 is 4.79 Å². The van der Waals surface area contributed by atoms with Crippen LogP contribution in [0.4, 0.5) is 0 Å². The molecule has 0 spiro atoms. The summed E-state index contributed by atoms with van der Waals surface area (Å²) in [5, 5.41) is 4.51. The number of nitrogens with zero attached hydrogens (tertiary/aromatic N) is 4. The molecule has 6 nitrogen and oxygen atoms in total. The van der Waals surface area contributed by atoms with E-state index in [1.165, 1.54) is 11.3 Å². The summed E-state index contributed by atoms with van der Waals surface area (Å²) in [5.41, 5.74) is 6.47. The van der Waals surface area contributed by atoms with Crippen LogP contribution in [0.3, 0.4) is 0 Å². The second-order valence-corrected chi connectivity index (χ2v) is 7.29. The number of carbonyl (C=O) groups is 1. The zero-order chi connectivity index (χ0) is 18.3. The number of pyridine rings is 1. The summed E-state index contributed by atoms with van der Waals surface area (Å²) in [6, 6.07) is 6.11. The molecule has 0 radical (unpaired) electrons. The Balaban J connectivity index is 1.49. The van der Waals surface area contributed by atoms with E-state index >= 15 is 0 Å². The monoisotopic (exact) mass is 351 g/mol. The van der Waals surface area contributed by atoms with Gasteiger partial charge in [-0.25, -0.2) is 0 Å². The van der Waals surface area contributed by atoms with Crippen molar-refractivity contribution in [2.45, 2.75) is 46.1 Å². The molecule has 0 unspecified atom stereocenters. The van der Waals surface area contributed by atoms with Gasteiger partial charge in [-0.2, -0.15) is 5.10 Å². The van der Waals surface area contributed by atoms with E-state index in [2.05, 4.69) is 28.1 Å². The van der Waals surface area contributed by atoms with Gasteiger partial charge in [0.15, 0.2) is 0 Å². The molecule has 4 heterocycles. The molecule has 0 aliphatic carbocycles. The third-order valence-corrected chi connectivity index (χ3v) is 5.65. The Morgan fingerprint density at radius 2 is 2.19 bits per heavy atom. The fourth-order valence-corrected chi connectivity index (χ4v) is 3.82. The van der Waals surface area contributed by atoms with Crippen LogP contribution in [0.1, 0.15) is 41.4 Å².